The van der Waals surface area contributed by atoms with Gasteiger partial charge in [-0.3, -0.25) is 0 Å². The fourth-order valence-electron chi connectivity index (χ4n) is 3.82. The van der Waals surface area contributed by atoms with Crippen molar-refractivity contribution in [1.82, 2.24) is 0 Å². The standard InChI is InChI=1S/C24H23NO3/c1-17-15-20-21(25(17)16-18-9-4-2-5-10-18)13-8-14-22(20)28-23(24(26)27)19-11-6-3-7-12-19/h2-14,17,23H,15-16H2,1H3,(H,26,27). The molecule has 3 aromatic carbocycles. The molecule has 4 nitrogen and oxygen atoms in total. The van der Waals surface area contributed by atoms with Crippen LogP contribution in [0.5, 0.6) is 5.75 Å². The molecule has 1 heterocycles. The average molecular weight is 373 g/mol. The zero-order valence-electron chi connectivity index (χ0n) is 15.8. The predicted molar refractivity (Wildman–Crippen MR) is 110 cm³/mol. The molecule has 0 aliphatic carbocycles. The third kappa shape index (κ3) is 3.58. The van der Waals surface area contributed by atoms with Gasteiger partial charge in [0.2, 0.25) is 6.10 Å². The lowest BCUT2D eigenvalue weighted by atomic mass is 10.1. The predicted octanol–water partition coefficient (Wildman–Crippen LogP) is 4.84. The molecule has 1 aliphatic heterocycles. The third-order valence-electron chi connectivity index (χ3n) is 5.22. The van der Waals surface area contributed by atoms with Crippen LogP contribution in [-0.4, -0.2) is 17.1 Å². The van der Waals surface area contributed by atoms with Crippen molar-refractivity contribution in [1.29, 1.82) is 0 Å². The van der Waals surface area contributed by atoms with Crippen molar-refractivity contribution in [3.05, 3.63) is 95.6 Å². The summed E-state index contributed by atoms with van der Waals surface area (Å²) in [5, 5.41) is 9.70. The Morgan fingerprint density at radius 1 is 1.04 bits per heavy atom. The molecule has 0 saturated heterocycles. The van der Waals surface area contributed by atoms with E-state index in [1.807, 2.05) is 48.5 Å². The summed E-state index contributed by atoms with van der Waals surface area (Å²) in [4.78, 5) is 14.2. The van der Waals surface area contributed by atoms with E-state index in [4.69, 9.17) is 4.74 Å². The quantitative estimate of drug-likeness (QED) is 0.671. The topological polar surface area (TPSA) is 49.8 Å². The van der Waals surface area contributed by atoms with Gasteiger partial charge < -0.3 is 14.7 Å². The van der Waals surface area contributed by atoms with Crippen LogP contribution in [0, 0.1) is 0 Å². The van der Waals surface area contributed by atoms with Gasteiger partial charge >= 0.3 is 5.97 Å². The zero-order chi connectivity index (χ0) is 19.5. The van der Waals surface area contributed by atoms with Crippen molar-refractivity contribution in [3.63, 3.8) is 0 Å². The number of ether oxygens (including phenoxy) is 1. The van der Waals surface area contributed by atoms with Crippen LogP contribution in [0.15, 0.2) is 78.9 Å². The number of aliphatic carboxylic acids is 1. The van der Waals surface area contributed by atoms with Gasteiger partial charge in [0.25, 0.3) is 0 Å². The molecule has 3 aromatic rings. The van der Waals surface area contributed by atoms with Crippen molar-refractivity contribution in [3.8, 4) is 5.75 Å². The van der Waals surface area contributed by atoms with E-state index in [-0.39, 0.29) is 0 Å². The van der Waals surface area contributed by atoms with E-state index in [1.54, 1.807) is 12.1 Å². The molecule has 0 saturated carbocycles. The molecule has 2 unspecified atom stereocenters. The minimum absolute atomic E-state index is 0.319. The molecular weight excluding hydrogens is 350 g/mol. The van der Waals surface area contributed by atoms with Crippen molar-refractivity contribution in [2.24, 2.45) is 0 Å². The maximum absolute atomic E-state index is 11.8. The SMILES string of the molecule is CC1Cc2c(OC(C(=O)O)c3ccccc3)cccc2N1Cc1ccccc1. The van der Waals surface area contributed by atoms with Crippen molar-refractivity contribution >= 4 is 11.7 Å². The van der Waals surface area contributed by atoms with E-state index in [0.29, 0.717) is 17.4 Å². The van der Waals surface area contributed by atoms with Crippen LogP contribution in [0.1, 0.15) is 29.7 Å². The molecule has 28 heavy (non-hydrogen) atoms. The Bertz CT molecular complexity index is 956. The normalized spacial score (nSPS) is 16.5. The van der Waals surface area contributed by atoms with Crippen molar-refractivity contribution in [2.75, 3.05) is 4.90 Å². The second-order valence-electron chi connectivity index (χ2n) is 7.17. The van der Waals surface area contributed by atoms with E-state index >= 15 is 0 Å². The van der Waals surface area contributed by atoms with Gasteiger partial charge in [-0.05, 0) is 31.0 Å². The molecule has 4 rings (SSSR count). The maximum atomic E-state index is 11.8. The Kier molecular flexibility index (Phi) is 5.02. The van der Waals surface area contributed by atoms with E-state index in [0.717, 1.165) is 24.2 Å². The van der Waals surface area contributed by atoms with Gasteiger partial charge in [0.1, 0.15) is 5.75 Å². The van der Waals surface area contributed by atoms with E-state index < -0.39 is 12.1 Å². The fourth-order valence-corrected chi connectivity index (χ4v) is 3.82. The first-order valence-corrected chi connectivity index (χ1v) is 9.50. The minimum atomic E-state index is -1.02. The first-order chi connectivity index (χ1) is 13.6. The molecule has 0 radical (unpaired) electrons. The number of hydrogen-bond donors (Lipinski definition) is 1. The lowest BCUT2D eigenvalue weighted by Crippen LogP contribution is -2.28. The van der Waals surface area contributed by atoms with Crippen LogP contribution in [0.3, 0.4) is 0 Å². The Balaban J connectivity index is 1.63. The second kappa shape index (κ2) is 7.77. The number of anilines is 1. The number of carboxylic acids is 1. The molecule has 0 amide bonds. The van der Waals surface area contributed by atoms with Crippen LogP contribution in [0.25, 0.3) is 0 Å². The number of hydrogen-bond acceptors (Lipinski definition) is 3. The molecule has 2 atom stereocenters. The summed E-state index contributed by atoms with van der Waals surface area (Å²) in [5.41, 5.74) is 4.08. The van der Waals surface area contributed by atoms with Crippen LogP contribution in [-0.2, 0) is 17.8 Å². The molecule has 1 aliphatic rings. The highest BCUT2D eigenvalue weighted by Gasteiger charge is 2.30. The van der Waals surface area contributed by atoms with Crippen molar-refractivity contribution in [2.45, 2.75) is 32.0 Å². The lowest BCUT2D eigenvalue weighted by Gasteiger charge is -2.25. The van der Waals surface area contributed by atoms with Gasteiger partial charge in [-0.1, -0.05) is 66.7 Å². The summed E-state index contributed by atoms with van der Waals surface area (Å²) in [6, 6.07) is 25.7. The Labute approximate surface area is 165 Å². The van der Waals surface area contributed by atoms with Gasteiger partial charge in [0.15, 0.2) is 0 Å². The van der Waals surface area contributed by atoms with Gasteiger partial charge in [-0.25, -0.2) is 4.79 Å². The maximum Gasteiger partial charge on any atom is 0.349 e. The summed E-state index contributed by atoms with van der Waals surface area (Å²) >= 11 is 0. The largest absolute Gasteiger partial charge is 0.478 e. The molecule has 4 heteroatoms. The monoisotopic (exact) mass is 373 g/mol. The summed E-state index contributed by atoms with van der Waals surface area (Å²) in [6.45, 7) is 3.01. The Hall–Kier alpha value is -3.27. The molecule has 1 N–H and O–H groups in total. The second-order valence-corrected chi connectivity index (χ2v) is 7.17. The Morgan fingerprint density at radius 2 is 1.71 bits per heavy atom. The fraction of sp³-hybridized carbons (Fsp3) is 0.208. The van der Waals surface area contributed by atoms with E-state index in [1.165, 1.54) is 5.56 Å². The Morgan fingerprint density at radius 3 is 2.39 bits per heavy atom. The summed E-state index contributed by atoms with van der Waals surface area (Å²) in [6.07, 6.45) is -0.189. The number of carboxylic acid groups (broad SMARTS) is 1. The van der Waals surface area contributed by atoms with Gasteiger partial charge in [0.05, 0.1) is 0 Å². The van der Waals surface area contributed by atoms with Crippen LogP contribution in [0.2, 0.25) is 0 Å². The van der Waals surface area contributed by atoms with E-state index in [9.17, 15) is 9.90 Å². The molecule has 142 valence electrons. The molecular formula is C24H23NO3. The minimum Gasteiger partial charge on any atom is -0.478 e. The molecule has 0 spiro atoms. The van der Waals surface area contributed by atoms with Gasteiger partial charge in [0, 0.05) is 29.4 Å². The highest BCUT2D eigenvalue weighted by molar-refractivity contribution is 5.75. The zero-order valence-corrected chi connectivity index (χ0v) is 15.8. The number of rotatable bonds is 6. The van der Waals surface area contributed by atoms with Gasteiger partial charge in [-0.15, -0.1) is 0 Å². The van der Waals surface area contributed by atoms with Crippen LogP contribution < -0.4 is 9.64 Å². The van der Waals surface area contributed by atoms with E-state index in [2.05, 4.69) is 30.0 Å². The summed E-state index contributed by atoms with van der Waals surface area (Å²) in [5.74, 6) is -0.341. The highest BCUT2D eigenvalue weighted by Crippen LogP contribution is 2.40. The highest BCUT2D eigenvalue weighted by atomic mass is 16.5. The van der Waals surface area contributed by atoms with Crippen LogP contribution >= 0.6 is 0 Å². The summed E-state index contributed by atoms with van der Waals surface area (Å²) in [7, 11) is 0. The third-order valence-corrected chi connectivity index (χ3v) is 5.22. The lowest BCUT2D eigenvalue weighted by molar-refractivity contribution is -0.145. The summed E-state index contributed by atoms with van der Waals surface area (Å²) < 4.78 is 6.03. The number of carbonyl (C=O) groups is 1. The molecule has 0 aromatic heterocycles. The smallest absolute Gasteiger partial charge is 0.349 e. The number of fused-ring (bicyclic) bond motifs is 1. The average Bonchev–Trinajstić information content (AvgIpc) is 3.03. The molecule has 0 fully saturated rings. The number of nitrogens with zero attached hydrogens (tertiary/aromatic N) is 1. The van der Waals surface area contributed by atoms with Crippen molar-refractivity contribution < 1.29 is 14.6 Å². The van der Waals surface area contributed by atoms with Gasteiger partial charge in [-0.2, -0.15) is 0 Å². The van der Waals surface area contributed by atoms with Crippen LogP contribution in [0.4, 0.5) is 5.69 Å². The number of benzene rings is 3. The first kappa shape index (κ1) is 18.1. The molecule has 0 bridgehead atoms. The first-order valence-electron chi connectivity index (χ1n) is 9.50.